The molecule has 1 saturated heterocycles. The molecule has 1 N–H and O–H groups in total. The number of hydrogen-bond acceptors (Lipinski definition) is 4. The van der Waals surface area contributed by atoms with Crippen LogP contribution < -0.4 is 10.5 Å². The van der Waals surface area contributed by atoms with E-state index in [2.05, 4.69) is 22.0 Å². The Morgan fingerprint density at radius 1 is 1.24 bits per heavy atom. The number of anilines is 1. The second kappa shape index (κ2) is 8.95. The number of benzene rings is 1. The Morgan fingerprint density at radius 3 is 2.62 bits per heavy atom. The maximum Gasteiger partial charge on any atom is 0.266 e. The van der Waals surface area contributed by atoms with Gasteiger partial charge in [0.15, 0.2) is 0 Å². The SMILES string of the molecule is Cc1[nH]c(=O)c(C#N)c(C)c1CCC(=O)N(C)Cc1ccccc1N1CCCC1. The zero-order chi connectivity index (χ0) is 21.0. The molecular formula is C23H28N4O2. The van der Waals surface area contributed by atoms with Crippen molar-refractivity contribution in [2.45, 2.75) is 46.1 Å². The van der Waals surface area contributed by atoms with Gasteiger partial charge in [-0.25, -0.2) is 0 Å². The number of aryl methyl sites for hydroxylation is 1. The number of carbonyl (C=O) groups excluding carboxylic acids is 1. The van der Waals surface area contributed by atoms with Crippen molar-refractivity contribution in [3.05, 3.63) is 62.6 Å². The summed E-state index contributed by atoms with van der Waals surface area (Å²) in [6.45, 7) is 6.29. The van der Waals surface area contributed by atoms with Crippen molar-refractivity contribution >= 4 is 11.6 Å². The Bertz CT molecular complexity index is 997. The van der Waals surface area contributed by atoms with Gasteiger partial charge < -0.3 is 14.8 Å². The molecule has 152 valence electrons. The maximum absolute atomic E-state index is 12.8. The van der Waals surface area contributed by atoms with E-state index in [0.717, 1.165) is 29.9 Å². The fourth-order valence-corrected chi connectivity index (χ4v) is 4.10. The van der Waals surface area contributed by atoms with Crippen molar-refractivity contribution in [1.29, 1.82) is 5.26 Å². The number of hydrogen-bond donors (Lipinski definition) is 1. The van der Waals surface area contributed by atoms with E-state index in [1.807, 2.05) is 32.2 Å². The van der Waals surface area contributed by atoms with Crippen molar-refractivity contribution in [3.8, 4) is 6.07 Å². The minimum atomic E-state index is -0.367. The van der Waals surface area contributed by atoms with E-state index in [4.69, 9.17) is 0 Å². The van der Waals surface area contributed by atoms with Crippen LogP contribution in [-0.2, 0) is 17.8 Å². The summed E-state index contributed by atoms with van der Waals surface area (Å²) in [5, 5.41) is 9.21. The van der Waals surface area contributed by atoms with Gasteiger partial charge in [-0.05, 0) is 55.9 Å². The first-order valence-corrected chi connectivity index (χ1v) is 10.1. The molecule has 0 spiro atoms. The summed E-state index contributed by atoms with van der Waals surface area (Å²) in [5.41, 5.74) is 4.41. The van der Waals surface area contributed by atoms with Gasteiger partial charge in [-0.2, -0.15) is 5.26 Å². The third-order valence-electron chi connectivity index (χ3n) is 5.78. The predicted octanol–water partition coefficient (Wildman–Crippen LogP) is 3.05. The summed E-state index contributed by atoms with van der Waals surface area (Å²) >= 11 is 0. The highest BCUT2D eigenvalue weighted by Crippen LogP contribution is 2.25. The normalized spacial score (nSPS) is 13.4. The van der Waals surface area contributed by atoms with Gasteiger partial charge in [0.05, 0.1) is 0 Å². The Hall–Kier alpha value is -3.07. The van der Waals surface area contributed by atoms with Crippen LogP contribution in [0.1, 0.15) is 47.2 Å². The van der Waals surface area contributed by atoms with Gasteiger partial charge in [-0.3, -0.25) is 9.59 Å². The van der Waals surface area contributed by atoms with Gasteiger partial charge >= 0.3 is 0 Å². The largest absolute Gasteiger partial charge is 0.371 e. The molecule has 3 rings (SSSR count). The average molecular weight is 393 g/mol. The molecule has 1 aliphatic heterocycles. The second-order valence-corrected chi connectivity index (χ2v) is 7.74. The molecule has 0 bridgehead atoms. The molecule has 29 heavy (non-hydrogen) atoms. The Balaban J connectivity index is 1.69. The van der Waals surface area contributed by atoms with Crippen molar-refractivity contribution in [1.82, 2.24) is 9.88 Å². The third kappa shape index (κ3) is 4.51. The number of nitrogens with one attached hydrogen (secondary N) is 1. The molecule has 1 aliphatic rings. The standard InChI is InChI=1S/C23H28N4O2/c1-16-19(17(2)25-23(29)20(16)14-24)10-11-22(28)26(3)15-18-8-4-5-9-21(18)27-12-6-7-13-27/h4-5,8-9H,6-7,10-13,15H2,1-3H3,(H,25,29). The van der Waals surface area contributed by atoms with Gasteiger partial charge in [0.25, 0.3) is 5.56 Å². The quantitative estimate of drug-likeness (QED) is 0.819. The van der Waals surface area contributed by atoms with E-state index in [-0.39, 0.29) is 17.0 Å². The van der Waals surface area contributed by atoms with Gasteiger partial charge in [0.2, 0.25) is 5.91 Å². The van der Waals surface area contributed by atoms with Gasteiger partial charge in [-0.1, -0.05) is 18.2 Å². The second-order valence-electron chi connectivity index (χ2n) is 7.74. The monoisotopic (exact) mass is 392 g/mol. The smallest absolute Gasteiger partial charge is 0.266 e. The van der Waals surface area contributed by atoms with Gasteiger partial charge in [0, 0.05) is 44.5 Å². The number of carbonyl (C=O) groups is 1. The summed E-state index contributed by atoms with van der Waals surface area (Å²) in [7, 11) is 1.83. The number of nitrogens with zero attached hydrogens (tertiary/aromatic N) is 3. The molecule has 2 heterocycles. The molecule has 2 aromatic rings. The number of H-pyrrole nitrogens is 1. The van der Waals surface area contributed by atoms with Crippen molar-refractivity contribution in [2.75, 3.05) is 25.0 Å². The first kappa shape index (κ1) is 20.7. The Labute approximate surface area is 171 Å². The fourth-order valence-electron chi connectivity index (χ4n) is 4.10. The minimum absolute atomic E-state index is 0.0460. The highest BCUT2D eigenvalue weighted by molar-refractivity contribution is 5.76. The number of pyridine rings is 1. The number of nitriles is 1. The van der Waals surface area contributed by atoms with Crippen LogP contribution in [0.15, 0.2) is 29.1 Å². The van der Waals surface area contributed by atoms with Crippen LogP contribution in [0.4, 0.5) is 5.69 Å². The zero-order valence-corrected chi connectivity index (χ0v) is 17.4. The maximum atomic E-state index is 12.8. The van der Waals surface area contributed by atoms with E-state index in [0.29, 0.717) is 24.9 Å². The van der Waals surface area contributed by atoms with Gasteiger partial charge in [0.1, 0.15) is 11.6 Å². The molecule has 0 atom stereocenters. The summed E-state index contributed by atoms with van der Waals surface area (Å²) in [6, 6.07) is 10.3. The summed E-state index contributed by atoms with van der Waals surface area (Å²) in [5.74, 6) is 0.0460. The Morgan fingerprint density at radius 2 is 1.93 bits per heavy atom. The third-order valence-corrected chi connectivity index (χ3v) is 5.78. The van der Waals surface area contributed by atoms with Crippen LogP contribution in [0, 0.1) is 25.2 Å². The van der Waals surface area contributed by atoms with Crippen LogP contribution in [0.3, 0.4) is 0 Å². The first-order valence-electron chi connectivity index (χ1n) is 10.1. The summed E-state index contributed by atoms with van der Waals surface area (Å²) in [4.78, 5) is 31.5. The van der Waals surface area contributed by atoms with Gasteiger partial charge in [-0.15, -0.1) is 0 Å². The first-order chi connectivity index (χ1) is 13.9. The van der Waals surface area contributed by atoms with Crippen LogP contribution in [-0.4, -0.2) is 35.9 Å². The number of aromatic nitrogens is 1. The van der Waals surface area contributed by atoms with Crippen LogP contribution in [0.25, 0.3) is 0 Å². The number of para-hydroxylation sites is 1. The minimum Gasteiger partial charge on any atom is -0.371 e. The van der Waals surface area contributed by atoms with Crippen LogP contribution in [0.2, 0.25) is 0 Å². The van der Waals surface area contributed by atoms with E-state index in [1.165, 1.54) is 18.5 Å². The number of aromatic amines is 1. The van der Waals surface area contributed by atoms with Crippen LogP contribution in [0.5, 0.6) is 0 Å². The molecule has 6 nitrogen and oxygen atoms in total. The van der Waals surface area contributed by atoms with E-state index < -0.39 is 0 Å². The lowest BCUT2D eigenvalue weighted by Gasteiger charge is -2.24. The lowest BCUT2D eigenvalue weighted by molar-refractivity contribution is -0.130. The zero-order valence-electron chi connectivity index (χ0n) is 17.4. The number of rotatable bonds is 6. The van der Waals surface area contributed by atoms with Crippen LogP contribution >= 0.6 is 0 Å². The van der Waals surface area contributed by atoms with Crippen molar-refractivity contribution in [3.63, 3.8) is 0 Å². The van der Waals surface area contributed by atoms with E-state index >= 15 is 0 Å². The lowest BCUT2D eigenvalue weighted by atomic mass is 9.99. The molecule has 1 aromatic carbocycles. The average Bonchev–Trinajstić information content (AvgIpc) is 3.22. The molecule has 1 aromatic heterocycles. The topological polar surface area (TPSA) is 80.2 Å². The predicted molar refractivity (Wildman–Crippen MR) is 114 cm³/mol. The lowest BCUT2D eigenvalue weighted by Crippen LogP contribution is -2.28. The summed E-state index contributed by atoms with van der Waals surface area (Å²) < 4.78 is 0. The number of amides is 1. The fraction of sp³-hybridized carbons (Fsp3) is 0.435. The highest BCUT2D eigenvalue weighted by Gasteiger charge is 2.19. The molecule has 0 unspecified atom stereocenters. The van der Waals surface area contributed by atoms with Crippen molar-refractivity contribution in [2.24, 2.45) is 0 Å². The molecule has 1 amide bonds. The molecule has 0 radical (unpaired) electrons. The highest BCUT2D eigenvalue weighted by atomic mass is 16.2. The molecule has 0 aliphatic carbocycles. The molecule has 1 fully saturated rings. The molecule has 6 heteroatoms. The molecular weight excluding hydrogens is 364 g/mol. The molecule has 0 saturated carbocycles. The van der Waals surface area contributed by atoms with Crippen molar-refractivity contribution < 1.29 is 4.79 Å². The van der Waals surface area contributed by atoms with E-state index in [9.17, 15) is 14.9 Å². The summed E-state index contributed by atoms with van der Waals surface area (Å²) in [6.07, 6.45) is 3.26. The van der Waals surface area contributed by atoms with E-state index in [1.54, 1.807) is 11.8 Å². The Kier molecular flexibility index (Phi) is 6.38.